The van der Waals surface area contributed by atoms with Crippen molar-refractivity contribution in [3.05, 3.63) is 65.5 Å². The fourth-order valence-corrected chi connectivity index (χ4v) is 3.40. The Morgan fingerprint density at radius 3 is 2.72 bits per heavy atom. The minimum Gasteiger partial charge on any atom is -0.481 e. The molecule has 5 heteroatoms. The molecular weight excluding hydrogens is 321 g/mol. The van der Waals surface area contributed by atoms with E-state index in [0.29, 0.717) is 17.7 Å². The Hall–Kier alpha value is -2.69. The molecule has 3 rings (SSSR count). The minimum absolute atomic E-state index is 0.0327. The second-order valence-electron chi connectivity index (χ2n) is 6.60. The molecule has 2 aromatic rings. The smallest absolute Gasteiger partial charge is 0.312 e. The van der Waals surface area contributed by atoms with Crippen LogP contribution in [-0.4, -0.2) is 23.5 Å². The number of carboxylic acid groups (broad SMARTS) is 1. The molecule has 1 aliphatic rings. The molecule has 25 heavy (non-hydrogen) atoms. The highest BCUT2D eigenvalue weighted by atomic mass is 19.1. The highest BCUT2D eigenvalue weighted by molar-refractivity contribution is 5.99. The van der Waals surface area contributed by atoms with Gasteiger partial charge in [-0.1, -0.05) is 37.3 Å². The summed E-state index contributed by atoms with van der Waals surface area (Å²) in [5.41, 5.74) is 2.21. The van der Waals surface area contributed by atoms with Gasteiger partial charge in [0, 0.05) is 18.7 Å². The van der Waals surface area contributed by atoms with Gasteiger partial charge >= 0.3 is 5.97 Å². The number of hydrogen-bond acceptors (Lipinski definition) is 2. The molecule has 0 radical (unpaired) electrons. The zero-order valence-electron chi connectivity index (χ0n) is 14.0. The van der Waals surface area contributed by atoms with Crippen LogP contribution < -0.4 is 4.90 Å². The molecule has 1 N–H and O–H groups in total. The second-order valence-corrected chi connectivity index (χ2v) is 6.60. The predicted molar refractivity (Wildman–Crippen MR) is 93.1 cm³/mol. The number of fused-ring (bicyclic) bond motifs is 1. The van der Waals surface area contributed by atoms with Gasteiger partial charge in [-0.05, 0) is 41.7 Å². The van der Waals surface area contributed by atoms with Crippen LogP contribution in [0.5, 0.6) is 0 Å². The Bertz CT molecular complexity index is 805. The average molecular weight is 341 g/mol. The van der Waals surface area contributed by atoms with Crippen LogP contribution in [-0.2, 0) is 16.0 Å². The third-order valence-corrected chi connectivity index (χ3v) is 4.56. The van der Waals surface area contributed by atoms with Crippen LogP contribution in [0.2, 0.25) is 0 Å². The molecular formula is C20H20FNO3. The Labute approximate surface area is 145 Å². The number of carbonyl (C=O) groups excluding carboxylic acids is 1. The zero-order valence-corrected chi connectivity index (χ0v) is 14.0. The van der Waals surface area contributed by atoms with E-state index in [4.69, 9.17) is 0 Å². The maximum Gasteiger partial charge on any atom is 0.312 e. The number of nitrogens with zero attached hydrogens (tertiary/aromatic N) is 1. The van der Waals surface area contributed by atoms with Crippen LogP contribution in [0.3, 0.4) is 0 Å². The second kappa shape index (κ2) is 7.05. The molecule has 1 aliphatic heterocycles. The summed E-state index contributed by atoms with van der Waals surface area (Å²) in [6, 6.07) is 13.5. The lowest BCUT2D eigenvalue weighted by Gasteiger charge is -2.20. The maximum atomic E-state index is 13.3. The molecule has 0 bridgehead atoms. The van der Waals surface area contributed by atoms with E-state index in [-0.39, 0.29) is 30.6 Å². The number of aliphatic carboxylic acids is 1. The number of carbonyl (C=O) groups is 2. The molecule has 130 valence electrons. The minimum atomic E-state index is -0.921. The number of halogens is 1. The van der Waals surface area contributed by atoms with Crippen molar-refractivity contribution in [3.63, 3.8) is 0 Å². The summed E-state index contributed by atoms with van der Waals surface area (Å²) in [7, 11) is 0. The predicted octanol–water partition coefficient (Wildman–Crippen LogP) is 3.61. The van der Waals surface area contributed by atoms with E-state index in [0.717, 1.165) is 5.56 Å². The number of rotatable bonds is 5. The van der Waals surface area contributed by atoms with E-state index in [1.54, 1.807) is 35.2 Å². The summed E-state index contributed by atoms with van der Waals surface area (Å²) < 4.78 is 13.3. The van der Waals surface area contributed by atoms with Gasteiger partial charge in [0.2, 0.25) is 5.91 Å². The van der Waals surface area contributed by atoms with E-state index in [2.05, 4.69) is 0 Å². The number of carboxylic acids is 1. The van der Waals surface area contributed by atoms with E-state index < -0.39 is 11.9 Å². The van der Waals surface area contributed by atoms with Gasteiger partial charge < -0.3 is 10.0 Å². The third kappa shape index (κ3) is 3.71. The van der Waals surface area contributed by atoms with Crippen molar-refractivity contribution in [1.29, 1.82) is 0 Å². The molecule has 1 heterocycles. The van der Waals surface area contributed by atoms with Crippen LogP contribution in [0.15, 0.2) is 48.5 Å². The first-order valence-corrected chi connectivity index (χ1v) is 8.32. The van der Waals surface area contributed by atoms with Crippen molar-refractivity contribution in [2.45, 2.75) is 25.7 Å². The SMILES string of the molecule is CC(CC(=O)N1CC(C(=O)O)c2ccccc21)Cc1cccc(F)c1. The van der Waals surface area contributed by atoms with Crippen molar-refractivity contribution < 1.29 is 19.1 Å². The molecule has 0 spiro atoms. The van der Waals surface area contributed by atoms with Crippen LogP contribution in [0, 0.1) is 11.7 Å². The van der Waals surface area contributed by atoms with Gasteiger partial charge in [0.1, 0.15) is 11.7 Å². The van der Waals surface area contributed by atoms with Crippen molar-refractivity contribution >= 4 is 17.6 Å². The van der Waals surface area contributed by atoms with Crippen LogP contribution in [0.1, 0.15) is 30.4 Å². The Balaban J connectivity index is 1.70. The Morgan fingerprint density at radius 1 is 1.24 bits per heavy atom. The van der Waals surface area contributed by atoms with Gasteiger partial charge in [-0.25, -0.2) is 4.39 Å². The first-order valence-electron chi connectivity index (χ1n) is 8.32. The first kappa shape index (κ1) is 17.1. The molecule has 2 atom stereocenters. The monoisotopic (exact) mass is 341 g/mol. The van der Waals surface area contributed by atoms with Gasteiger partial charge in [0.15, 0.2) is 0 Å². The van der Waals surface area contributed by atoms with Gasteiger partial charge in [0.25, 0.3) is 0 Å². The molecule has 4 nitrogen and oxygen atoms in total. The van der Waals surface area contributed by atoms with Gasteiger partial charge in [0.05, 0.1) is 0 Å². The Kier molecular flexibility index (Phi) is 4.83. The maximum absolute atomic E-state index is 13.3. The molecule has 0 aliphatic carbocycles. The normalized spacial score (nSPS) is 17.2. The lowest BCUT2D eigenvalue weighted by molar-refractivity contribution is -0.138. The standard InChI is InChI=1S/C20H20FNO3/c1-13(9-14-5-4-6-15(21)11-14)10-19(23)22-12-17(20(24)25)16-7-2-3-8-18(16)22/h2-8,11,13,17H,9-10,12H2,1H3,(H,24,25). The van der Waals surface area contributed by atoms with E-state index in [9.17, 15) is 19.1 Å². The van der Waals surface area contributed by atoms with E-state index >= 15 is 0 Å². The summed E-state index contributed by atoms with van der Waals surface area (Å²) in [6.45, 7) is 2.11. The molecule has 2 unspecified atom stereocenters. The van der Waals surface area contributed by atoms with Crippen LogP contribution >= 0.6 is 0 Å². The topological polar surface area (TPSA) is 57.6 Å². The highest BCUT2D eigenvalue weighted by Crippen LogP contribution is 2.37. The fourth-order valence-electron chi connectivity index (χ4n) is 3.40. The lowest BCUT2D eigenvalue weighted by Crippen LogP contribution is -2.32. The molecule has 0 saturated heterocycles. The molecule has 0 saturated carbocycles. The van der Waals surface area contributed by atoms with E-state index in [1.165, 1.54) is 12.1 Å². The van der Waals surface area contributed by atoms with Crippen molar-refractivity contribution in [3.8, 4) is 0 Å². The van der Waals surface area contributed by atoms with Crippen LogP contribution in [0.25, 0.3) is 0 Å². The zero-order chi connectivity index (χ0) is 18.0. The summed E-state index contributed by atoms with van der Waals surface area (Å²) in [6.07, 6.45) is 0.887. The summed E-state index contributed by atoms with van der Waals surface area (Å²) in [5.74, 6) is -1.95. The Morgan fingerprint density at radius 2 is 2.00 bits per heavy atom. The van der Waals surface area contributed by atoms with Gasteiger partial charge in [-0.2, -0.15) is 0 Å². The van der Waals surface area contributed by atoms with Crippen molar-refractivity contribution in [1.82, 2.24) is 0 Å². The number of benzene rings is 2. The molecule has 1 amide bonds. The molecule has 0 fully saturated rings. The number of para-hydroxylation sites is 1. The summed E-state index contributed by atoms with van der Waals surface area (Å²) in [4.78, 5) is 25.7. The van der Waals surface area contributed by atoms with Crippen molar-refractivity contribution in [2.75, 3.05) is 11.4 Å². The largest absolute Gasteiger partial charge is 0.481 e. The fraction of sp³-hybridized carbons (Fsp3) is 0.300. The molecule has 0 aromatic heterocycles. The first-order chi connectivity index (χ1) is 12.0. The number of anilines is 1. The van der Waals surface area contributed by atoms with Gasteiger partial charge in [-0.3, -0.25) is 9.59 Å². The molecule has 2 aromatic carbocycles. The number of amides is 1. The summed E-state index contributed by atoms with van der Waals surface area (Å²) in [5, 5.41) is 9.39. The van der Waals surface area contributed by atoms with E-state index in [1.807, 2.05) is 13.0 Å². The van der Waals surface area contributed by atoms with Crippen molar-refractivity contribution in [2.24, 2.45) is 5.92 Å². The average Bonchev–Trinajstić information content (AvgIpc) is 2.94. The lowest BCUT2D eigenvalue weighted by atomic mass is 9.97. The van der Waals surface area contributed by atoms with Gasteiger partial charge in [-0.15, -0.1) is 0 Å². The number of hydrogen-bond donors (Lipinski definition) is 1. The highest BCUT2D eigenvalue weighted by Gasteiger charge is 2.36. The third-order valence-electron chi connectivity index (χ3n) is 4.56. The quantitative estimate of drug-likeness (QED) is 0.904. The summed E-state index contributed by atoms with van der Waals surface area (Å²) >= 11 is 0. The van der Waals surface area contributed by atoms with Crippen LogP contribution in [0.4, 0.5) is 10.1 Å².